The van der Waals surface area contributed by atoms with Crippen molar-refractivity contribution in [1.82, 2.24) is 15.3 Å². The van der Waals surface area contributed by atoms with E-state index in [1.165, 1.54) is 6.42 Å². The zero-order valence-corrected chi connectivity index (χ0v) is 9.79. The molecule has 3 nitrogen and oxygen atoms in total. The molecule has 0 bridgehead atoms. The van der Waals surface area contributed by atoms with Gasteiger partial charge in [-0.25, -0.2) is 4.98 Å². The van der Waals surface area contributed by atoms with Crippen LogP contribution in [0.4, 0.5) is 0 Å². The Morgan fingerprint density at radius 3 is 2.94 bits per heavy atom. The smallest absolute Gasteiger partial charge is 0.107 e. The minimum atomic E-state index is 1.02. The number of benzene rings is 1. The predicted molar refractivity (Wildman–Crippen MR) is 67.6 cm³/mol. The predicted octanol–water partition coefficient (Wildman–Crippen LogP) is 2.50. The zero-order chi connectivity index (χ0) is 11.2. The Labute approximate surface area is 96.3 Å². The van der Waals surface area contributed by atoms with Crippen molar-refractivity contribution in [3.8, 4) is 0 Å². The maximum absolute atomic E-state index is 4.55. The van der Waals surface area contributed by atoms with Crippen molar-refractivity contribution >= 4 is 11.0 Å². The van der Waals surface area contributed by atoms with Crippen LogP contribution in [0.3, 0.4) is 0 Å². The number of nitrogens with one attached hydrogen (secondary N) is 2. The van der Waals surface area contributed by atoms with E-state index in [2.05, 4.69) is 28.3 Å². The number of aryl methyl sites for hydroxylation is 1. The fraction of sp³-hybridized carbons (Fsp3) is 0.462. The Hall–Kier alpha value is -1.35. The third kappa shape index (κ3) is 2.83. The molecule has 2 aromatic rings. The van der Waals surface area contributed by atoms with E-state index >= 15 is 0 Å². The molecule has 2 rings (SSSR count). The maximum atomic E-state index is 4.55. The average molecular weight is 217 g/mol. The van der Waals surface area contributed by atoms with Gasteiger partial charge < -0.3 is 10.3 Å². The summed E-state index contributed by atoms with van der Waals surface area (Å²) in [5, 5.41) is 3.40. The van der Waals surface area contributed by atoms with Gasteiger partial charge in [0.25, 0.3) is 0 Å². The summed E-state index contributed by atoms with van der Waals surface area (Å²) in [5.41, 5.74) is 2.21. The van der Waals surface area contributed by atoms with Gasteiger partial charge in [-0.3, -0.25) is 0 Å². The molecule has 1 aromatic heterocycles. The molecule has 0 aliphatic rings. The van der Waals surface area contributed by atoms with Crippen LogP contribution in [0, 0.1) is 0 Å². The summed E-state index contributed by atoms with van der Waals surface area (Å²) >= 11 is 0. The lowest BCUT2D eigenvalue weighted by molar-refractivity contribution is 0.633. The van der Waals surface area contributed by atoms with Crippen LogP contribution in [0.5, 0.6) is 0 Å². The van der Waals surface area contributed by atoms with E-state index in [0.29, 0.717) is 0 Å². The van der Waals surface area contributed by atoms with Gasteiger partial charge in [0.1, 0.15) is 5.82 Å². The number of rotatable bonds is 6. The summed E-state index contributed by atoms with van der Waals surface area (Å²) in [6.07, 6.45) is 3.36. The largest absolute Gasteiger partial charge is 0.342 e. The second-order valence-electron chi connectivity index (χ2n) is 4.05. The molecule has 1 heterocycles. The number of aromatic nitrogens is 2. The topological polar surface area (TPSA) is 40.7 Å². The molecule has 0 atom stereocenters. The Kier molecular flexibility index (Phi) is 3.94. The SMILES string of the molecule is CCCNCCCc1nc2ccccc2[nH]1. The van der Waals surface area contributed by atoms with Crippen LogP contribution >= 0.6 is 0 Å². The second-order valence-corrected chi connectivity index (χ2v) is 4.05. The first-order chi connectivity index (χ1) is 7.90. The Morgan fingerprint density at radius 2 is 2.12 bits per heavy atom. The number of hydrogen-bond acceptors (Lipinski definition) is 2. The first-order valence-corrected chi connectivity index (χ1v) is 6.04. The van der Waals surface area contributed by atoms with E-state index in [1.807, 2.05) is 18.2 Å². The van der Waals surface area contributed by atoms with Crippen molar-refractivity contribution in [2.75, 3.05) is 13.1 Å². The summed E-state index contributed by atoms with van der Waals surface area (Å²) in [7, 11) is 0. The number of aromatic amines is 1. The Morgan fingerprint density at radius 1 is 1.25 bits per heavy atom. The molecule has 0 radical (unpaired) electrons. The molecule has 0 spiro atoms. The number of fused-ring (bicyclic) bond motifs is 1. The lowest BCUT2D eigenvalue weighted by Crippen LogP contribution is -2.16. The van der Waals surface area contributed by atoms with Crippen LogP contribution in [0.25, 0.3) is 11.0 Å². The van der Waals surface area contributed by atoms with Gasteiger partial charge in [0.05, 0.1) is 11.0 Å². The quantitative estimate of drug-likeness (QED) is 0.730. The molecule has 3 heteroatoms. The Balaban J connectivity index is 1.85. The summed E-state index contributed by atoms with van der Waals surface area (Å²) in [6.45, 7) is 4.37. The minimum Gasteiger partial charge on any atom is -0.342 e. The molecule has 0 amide bonds. The van der Waals surface area contributed by atoms with E-state index in [9.17, 15) is 0 Å². The van der Waals surface area contributed by atoms with Crippen LogP contribution in [-0.4, -0.2) is 23.1 Å². The molecule has 0 fully saturated rings. The summed E-state index contributed by atoms with van der Waals surface area (Å²) in [4.78, 5) is 7.89. The highest BCUT2D eigenvalue weighted by atomic mass is 14.9. The van der Waals surface area contributed by atoms with Gasteiger partial charge in [-0.05, 0) is 38.1 Å². The molecule has 2 N–H and O–H groups in total. The van der Waals surface area contributed by atoms with Gasteiger partial charge in [-0.15, -0.1) is 0 Å². The highest BCUT2D eigenvalue weighted by molar-refractivity contribution is 5.74. The lowest BCUT2D eigenvalue weighted by Gasteiger charge is -2.00. The molecular weight excluding hydrogens is 198 g/mol. The van der Waals surface area contributed by atoms with E-state index in [-0.39, 0.29) is 0 Å². The number of hydrogen-bond donors (Lipinski definition) is 2. The molecule has 16 heavy (non-hydrogen) atoms. The van der Waals surface area contributed by atoms with Crippen LogP contribution < -0.4 is 5.32 Å². The van der Waals surface area contributed by atoms with Crippen LogP contribution in [0.1, 0.15) is 25.6 Å². The summed E-state index contributed by atoms with van der Waals surface area (Å²) in [5.74, 6) is 1.10. The third-order valence-electron chi connectivity index (χ3n) is 2.63. The van der Waals surface area contributed by atoms with Crippen molar-refractivity contribution in [1.29, 1.82) is 0 Å². The van der Waals surface area contributed by atoms with Crippen LogP contribution in [0.15, 0.2) is 24.3 Å². The van der Waals surface area contributed by atoms with Crippen molar-refractivity contribution < 1.29 is 0 Å². The summed E-state index contributed by atoms with van der Waals surface area (Å²) < 4.78 is 0. The first kappa shape index (κ1) is 11.1. The molecule has 0 aliphatic heterocycles. The van der Waals surface area contributed by atoms with Crippen molar-refractivity contribution in [3.05, 3.63) is 30.1 Å². The van der Waals surface area contributed by atoms with E-state index in [0.717, 1.165) is 42.8 Å². The minimum absolute atomic E-state index is 1.02. The van der Waals surface area contributed by atoms with Gasteiger partial charge in [-0.1, -0.05) is 19.1 Å². The van der Waals surface area contributed by atoms with Crippen molar-refractivity contribution in [3.63, 3.8) is 0 Å². The van der Waals surface area contributed by atoms with Crippen LogP contribution in [0.2, 0.25) is 0 Å². The first-order valence-electron chi connectivity index (χ1n) is 6.04. The zero-order valence-electron chi connectivity index (χ0n) is 9.79. The maximum Gasteiger partial charge on any atom is 0.107 e. The molecule has 0 saturated carbocycles. The monoisotopic (exact) mass is 217 g/mol. The molecule has 1 aromatic carbocycles. The van der Waals surface area contributed by atoms with Gasteiger partial charge in [0.2, 0.25) is 0 Å². The number of H-pyrrole nitrogens is 1. The van der Waals surface area contributed by atoms with Gasteiger partial charge in [0.15, 0.2) is 0 Å². The number of para-hydroxylation sites is 2. The van der Waals surface area contributed by atoms with E-state index < -0.39 is 0 Å². The van der Waals surface area contributed by atoms with Gasteiger partial charge in [-0.2, -0.15) is 0 Å². The molecule has 0 aliphatic carbocycles. The molecule has 86 valence electrons. The normalized spacial score (nSPS) is 11.1. The van der Waals surface area contributed by atoms with Crippen molar-refractivity contribution in [2.24, 2.45) is 0 Å². The number of nitrogens with zero attached hydrogens (tertiary/aromatic N) is 1. The van der Waals surface area contributed by atoms with Crippen molar-refractivity contribution in [2.45, 2.75) is 26.2 Å². The fourth-order valence-corrected chi connectivity index (χ4v) is 1.81. The number of imidazole rings is 1. The fourth-order valence-electron chi connectivity index (χ4n) is 1.81. The van der Waals surface area contributed by atoms with Gasteiger partial charge >= 0.3 is 0 Å². The standard InChI is InChI=1S/C13H19N3/c1-2-9-14-10-5-8-13-15-11-6-3-4-7-12(11)16-13/h3-4,6-7,14H,2,5,8-10H2,1H3,(H,15,16). The lowest BCUT2D eigenvalue weighted by atomic mass is 10.3. The Bertz CT molecular complexity index is 400. The third-order valence-corrected chi connectivity index (χ3v) is 2.63. The second kappa shape index (κ2) is 5.66. The molecular formula is C13H19N3. The highest BCUT2D eigenvalue weighted by Gasteiger charge is 2.00. The highest BCUT2D eigenvalue weighted by Crippen LogP contribution is 2.10. The molecule has 0 saturated heterocycles. The van der Waals surface area contributed by atoms with Crippen LogP contribution in [-0.2, 0) is 6.42 Å². The van der Waals surface area contributed by atoms with E-state index in [1.54, 1.807) is 0 Å². The molecule has 0 unspecified atom stereocenters. The van der Waals surface area contributed by atoms with E-state index in [4.69, 9.17) is 0 Å². The van der Waals surface area contributed by atoms with Gasteiger partial charge in [0, 0.05) is 6.42 Å². The average Bonchev–Trinajstić information content (AvgIpc) is 2.71. The summed E-state index contributed by atoms with van der Waals surface area (Å²) in [6, 6.07) is 8.18.